The van der Waals surface area contributed by atoms with Gasteiger partial charge in [-0.1, -0.05) is 0 Å². The summed E-state index contributed by atoms with van der Waals surface area (Å²) in [4.78, 5) is 1.84. The van der Waals surface area contributed by atoms with Crippen molar-refractivity contribution in [2.75, 3.05) is 12.4 Å². The third-order valence-electron chi connectivity index (χ3n) is 2.42. The van der Waals surface area contributed by atoms with Crippen LogP contribution in [0, 0.1) is 5.82 Å². The summed E-state index contributed by atoms with van der Waals surface area (Å²) in [5, 5.41) is 3.58. The van der Waals surface area contributed by atoms with Crippen LogP contribution >= 0.6 is 12.2 Å². The van der Waals surface area contributed by atoms with Gasteiger partial charge in [0.1, 0.15) is 11.6 Å². The van der Waals surface area contributed by atoms with Crippen LogP contribution in [0.3, 0.4) is 0 Å². The van der Waals surface area contributed by atoms with Crippen molar-refractivity contribution < 1.29 is 8.81 Å². The average molecular weight is 264 g/mol. The Morgan fingerprint density at radius 1 is 1.33 bits per heavy atom. The van der Waals surface area contributed by atoms with Gasteiger partial charge >= 0.3 is 0 Å². The van der Waals surface area contributed by atoms with Crippen LogP contribution in [0.15, 0.2) is 47.1 Å². The summed E-state index contributed by atoms with van der Waals surface area (Å²) in [6.07, 6.45) is 1.62. The predicted molar refractivity (Wildman–Crippen MR) is 72.8 cm³/mol. The Bertz CT molecular complexity index is 510. The first kappa shape index (κ1) is 12.6. The Labute approximate surface area is 110 Å². The maximum absolute atomic E-state index is 12.8. The number of benzene rings is 1. The fraction of sp³-hybridized carbons (Fsp3) is 0.154. The third-order valence-corrected chi connectivity index (χ3v) is 2.83. The topological polar surface area (TPSA) is 28.4 Å². The smallest absolute Gasteiger partial charge is 0.173 e. The zero-order chi connectivity index (χ0) is 13.0. The lowest BCUT2D eigenvalue weighted by atomic mass is 10.3. The summed E-state index contributed by atoms with van der Waals surface area (Å²) < 4.78 is 18.0. The standard InChI is InChI=1S/C13H13FN2OS/c1-16(9-12-3-2-8-17-12)13(18)15-11-6-4-10(14)5-7-11/h2-8H,9H2,1H3,(H,15,18). The number of halogens is 1. The van der Waals surface area contributed by atoms with Crippen LogP contribution in [0.4, 0.5) is 10.1 Å². The van der Waals surface area contributed by atoms with Crippen LogP contribution in [-0.4, -0.2) is 17.1 Å². The molecule has 94 valence electrons. The van der Waals surface area contributed by atoms with Gasteiger partial charge in [0.25, 0.3) is 0 Å². The number of furan rings is 1. The highest BCUT2D eigenvalue weighted by Gasteiger charge is 2.07. The van der Waals surface area contributed by atoms with E-state index in [9.17, 15) is 4.39 Å². The molecule has 0 aliphatic carbocycles. The van der Waals surface area contributed by atoms with Crippen molar-refractivity contribution >= 4 is 23.0 Å². The quantitative estimate of drug-likeness (QED) is 0.861. The first-order valence-corrected chi connectivity index (χ1v) is 5.86. The van der Waals surface area contributed by atoms with Gasteiger partial charge in [-0.05, 0) is 48.6 Å². The van der Waals surface area contributed by atoms with Crippen molar-refractivity contribution in [2.24, 2.45) is 0 Å². The number of thiocarbonyl (C=S) groups is 1. The molecule has 0 amide bonds. The fourth-order valence-electron chi connectivity index (χ4n) is 1.46. The Hall–Kier alpha value is -1.88. The second-order valence-electron chi connectivity index (χ2n) is 3.87. The Kier molecular flexibility index (Phi) is 3.94. The molecule has 0 unspecified atom stereocenters. The number of hydrogen-bond acceptors (Lipinski definition) is 2. The van der Waals surface area contributed by atoms with Gasteiger partial charge in [0.05, 0.1) is 12.8 Å². The fourth-order valence-corrected chi connectivity index (χ4v) is 1.64. The van der Waals surface area contributed by atoms with Gasteiger partial charge in [-0.2, -0.15) is 0 Å². The largest absolute Gasteiger partial charge is 0.467 e. The summed E-state index contributed by atoms with van der Waals surface area (Å²) in [6, 6.07) is 9.77. The van der Waals surface area contributed by atoms with Crippen LogP contribution < -0.4 is 5.32 Å². The Morgan fingerprint density at radius 2 is 2.06 bits per heavy atom. The van der Waals surface area contributed by atoms with E-state index in [1.807, 2.05) is 24.1 Å². The lowest BCUT2D eigenvalue weighted by Crippen LogP contribution is -2.30. The normalized spacial score (nSPS) is 10.1. The zero-order valence-corrected chi connectivity index (χ0v) is 10.7. The Balaban J connectivity index is 1.93. The molecule has 5 heteroatoms. The van der Waals surface area contributed by atoms with E-state index in [1.54, 1.807) is 18.4 Å². The number of hydrogen-bond donors (Lipinski definition) is 1. The van der Waals surface area contributed by atoms with E-state index in [2.05, 4.69) is 5.32 Å². The third kappa shape index (κ3) is 3.30. The first-order valence-electron chi connectivity index (χ1n) is 5.45. The first-order chi connectivity index (χ1) is 8.65. The number of nitrogens with zero attached hydrogens (tertiary/aromatic N) is 1. The van der Waals surface area contributed by atoms with Crippen molar-refractivity contribution in [3.63, 3.8) is 0 Å². The van der Waals surface area contributed by atoms with Crippen LogP contribution in [0.25, 0.3) is 0 Å². The average Bonchev–Trinajstić information content (AvgIpc) is 2.85. The zero-order valence-electron chi connectivity index (χ0n) is 9.89. The van der Waals surface area contributed by atoms with Crippen LogP contribution in [-0.2, 0) is 6.54 Å². The van der Waals surface area contributed by atoms with Crippen LogP contribution in [0.1, 0.15) is 5.76 Å². The second kappa shape index (κ2) is 5.64. The van der Waals surface area contributed by atoms with E-state index in [0.29, 0.717) is 11.7 Å². The predicted octanol–water partition coefficient (Wildman–Crippen LogP) is 3.25. The Morgan fingerprint density at radius 3 is 2.67 bits per heavy atom. The van der Waals surface area contributed by atoms with Gasteiger partial charge < -0.3 is 14.6 Å². The molecule has 0 spiro atoms. The SMILES string of the molecule is CN(Cc1ccco1)C(=S)Nc1ccc(F)cc1. The van der Waals surface area contributed by atoms with E-state index in [1.165, 1.54) is 12.1 Å². The lowest BCUT2D eigenvalue weighted by molar-refractivity contribution is 0.414. The van der Waals surface area contributed by atoms with E-state index in [0.717, 1.165) is 11.4 Å². The minimum atomic E-state index is -0.268. The van der Waals surface area contributed by atoms with Gasteiger partial charge in [0.15, 0.2) is 5.11 Å². The molecule has 0 aliphatic heterocycles. The lowest BCUT2D eigenvalue weighted by Gasteiger charge is -2.19. The molecule has 18 heavy (non-hydrogen) atoms. The molecular weight excluding hydrogens is 251 g/mol. The number of nitrogens with one attached hydrogen (secondary N) is 1. The molecule has 0 fully saturated rings. The van der Waals surface area contributed by atoms with Crippen molar-refractivity contribution in [1.82, 2.24) is 4.90 Å². The minimum absolute atomic E-state index is 0.268. The van der Waals surface area contributed by atoms with Gasteiger partial charge in [0, 0.05) is 12.7 Å². The molecule has 1 aromatic carbocycles. The maximum Gasteiger partial charge on any atom is 0.173 e. The summed E-state index contributed by atoms with van der Waals surface area (Å²) >= 11 is 5.24. The maximum atomic E-state index is 12.8. The molecule has 0 saturated carbocycles. The molecule has 1 N–H and O–H groups in total. The molecule has 0 bridgehead atoms. The van der Waals surface area contributed by atoms with Gasteiger partial charge in [-0.15, -0.1) is 0 Å². The highest BCUT2D eigenvalue weighted by molar-refractivity contribution is 7.80. The van der Waals surface area contributed by atoms with Gasteiger partial charge in [0.2, 0.25) is 0 Å². The van der Waals surface area contributed by atoms with Crippen molar-refractivity contribution in [2.45, 2.75) is 6.54 Å². The molecule has 0 atom stereocenters. The summed E-state index contributed by atoms with van der Waals surface area (Å²) in [5.74, 6) is 0.566. The van der Waals surface area contributed by atoms with Gasteiger partial charge in [-0.3, -0.25) is 0 Å². The van der Waals surface area contributed by atoms with E-state index in [-0.39, 0.29) is 5.82 Å². The van der Waals surface area contributed by atoms with Gasteiger partial charge in [-0.25, -0.2) is 4.39 Å². The monoisotopic (exact) mass is 264 g/mol. The molecule has 0 aliphatic rings. The number of anilines is 1. The van der Waals surface area contributed by atoms with E-state index in [4.69, 9.17) is 16.6 Å². The molecule has 2 rings (SSSR count). The highest BCUT2D eigenvalue weighted by Crippen LogP contribution is 2.10. The van der Waals surface area contributed by atoms with Crippen molar-refractivity contribution in [3.05, 3.63) is 54.2 Å². The van der Waals surface area contributed by atoms with Crippen LogP contribution in [0.5, 0.6) is 0 Å². The molecule has 0 radical (unpaired) electrons. The molecule has 2 aromatic rings. The molecule has 1 aromatic heterocycles. The molecule has 3 nitrogen and oxygen atoms in total. The van der Waals surface area contributed by atoms with E-state index < -0.39 is 0 Å². The summed E-state index contributed by atoms with van der Waals surface area (Å²) in [5.41, 5.74) is 0.757. The second-order valence-corrected chi connectivity index (χ2v) is 4.26. The van der Waals surface area contributed by atoms with Crippen molar-refractivity contribution in [1.29, 1.82) is 0 Å². The highest BCUT2D eigenvalue weighted by atomic mass is 32.1. The summed E-state index contributed by atoms with van der Waals surface area (Å²) in [6.45, 7) is 0.583. The van der Waals surface area contributed by atoms with Crippen LogP contribution in [0.2, 0.25) is 0 Å². The molecule has 0 saturated heterocycles. The molecular formula is C13H13FN2OS. The number of rotatable bonds is 3. The summed E-state index contributed by atoms with van der Waals surface area (Å²) in [7, 11) is 1.86. The van der Waals surface area contributed by atoms with Crippen molar-refractivity contribution in [3.8, 4) is 0 Å². The van der Waals surface area contributed by atoms with E-state index >= 15 is 0 Å². The minimum Gasteiger partial charge on any atom is -0.467 e. The molecule has 1 heterocycles.